The summed E-state index contributed by atoms with van der Waals surface area (Å²) in [5.74, 6) is -0.275. The highest BCUT2D eigenvalue weighted by Gasteiger charge is 2.27. The molecule has 1 fully saturated rings. The summed E-state index contributed by atoms with van der Waals surface area (Å²) in [4.78, 5) is 17.4. The van der Waals surface area contributed by atoms with Crippen LogP contribution in [0.3, 0.4) is 0 Å². The van der Waals surface area contributed by atoms with Gasteiger partial charge in [0.05, 0.1) is 23.3 Å². The lowest BCUT2D eigenvalue weighted by atomic mass is 9.96. The smallest absolute Gasteiger partial charge is 0.241 e. The topological polar surface area (TPSA) is 59.6 Å². The molecule has 1 amide bonds. The number of amides is 1. The molecule has 0 aliphatic carbocycles. The van der Waals surface area contributed by atoms with E-state index in [1.807, 2.05) is 20.0 Å². The molecule has 3 aromatic rings. The minimum Gasteiger partial charge on any atom is -0.386 e. The highest BCUT2D eigenvalue weighted by atomic mass is 16.2. The summed E-state index contributed by atoms with van der Waals surface area (Å²) < 4.78 is 0. The molecule has 1 unspecified atom stereocenters. The third-order valence-corrected chi connectivity index (χ3v) is 6.68. The van der Waals surface area contributed by atoms with Crippen LogP contribution in [0.5, 0.6) is 0 Å². The molecule has 1 saturated heterocycles. The van der Waals surface area contributed by atoms with Gasteiger partial charge in [0.15, 0.2) is 0 Å². The number of hydrazine groups is 1. The van der Waals surface area contributed by atoms with Gasteiger partial charge in [0.2, 0.25) is 5.91 Å². The van der Waals surface area contributed by atoms with Gasteiger partial charge in [-0.05, 0) is 35.7 Å². The number of carbonyl (C=O) groups excluding carboxylic acids is 1. The van der Waals surface area contributed by atoms with Crippen LogP contribution in [0.25, 0.3) is 0 Å². The summed E-state index contributed by atoms with van der Waals surface area (Å²) in [6, 6.07) is 28.1. The highest BCUT2D eigenvalue weighted by Crippen LogP contribution is 2.34. The van der Waals surface area contributed by atoms with E-state index in [1.54, 1.807) is 7.05 Å². The van der Waals surface area contributed by atoms with Crippen LogP contribution in [0.1, 0.15) is 35.6 Å². The monoisotopic (exact) mass is 457 g/mol. The number of benzene rings is 3. The van der Waals surface area contributed by atoms with Crippen LogP contribution in [0.4, 0.5) is 11.4 Å². The van der Waals surface area contributed by atoms with E-state index in [0.717, 1.165) is 43.1 Å². The van der Waals surface area contributed by atoms with Gasteiger partial charge in [-0.15, -0.1) is 0 Å². The van der Waals surface area contributed by atoms with Crippen molar-refractivity contribution in [1.82, 2.24) is 15.8 Å². The van der Waals surface area contributed by atoms with Crippen LogP contribution < -0.4 is 21.1 Å². The Morgan fingerprint density at radius 3 is 1.91 bits per heavy atom. The Bertz CT molecular complexity index is 1030. The number of piperazine rings is 1. The zero-order valence-electron chi connectivity index (χ0n) is 20.3. The van der Waals surface area contributed by atoms with Crippen molar-refractivity contribution in [3.8, 4) is 0 Å². The van der Waals surface area contributed by atoms with Crippen molar-refractivity contribution < 1.29 is 4.79 Å². The van der Waals surface area contributed by atoms with Crippen LogP contribution in [-0.2, 0) is 4.79 Å². The molecular formula is C28H35N5O. The molecule has 1 heterocycles. The van der Waals surface area contributed by atoms with Crippen molar-refractivity contribution in [2.24, 2.45) is 0 Å². The molecule has 3 N–H and O–H groups in total. The number of anilines is 2. The Labute approximate surface area is 202 Å². The molecule has 3 aromatic carbocycles. The molecule has 34 heavy (non-hydrogen) atoms. The average Bonchev–Trinajstić information content (AvgIpc) is 2.90. The van der Waals surface area contributed by atoms with Crippen LogP contribution in [-0.4, -0.2) is 51.1 Å². The largest absolute Gasteiger partial charge is 0.386 e. The van der Waals surface area contributed by atoms with Crippen LogP contribution >= 0.6 is 0 Å². The molecule has 1 aliphatic heterocycles. The number of hydrogen-bond acceptors (Lipinski definition) is 5. The molecule has 0 bridgehead atoms. The molecule has 0 radical (unpaired) electrons. The van der Waals surface area contributed by atoms with Gasteiger partial charge < -0.3 is 10.2 Å². The minimum absolute atomic E-state index is 0.0379. The van der Waals surface area contributed by atoms with E-state index in [4.69, 9.17) is 0 Å². The molecule has 0 saturated carbocycles. The molecule has 6 heteroatoms. The summed E-state index contributed by atoms with van der Waals surface area (Å²) in [5, 5.41) is 3.33. The number of nitrogens with one attached hydrogen (secondary N) is 3. The normalized spacial score (nSPS) is 15.2. The lowest BCUT2D eigenvalue weighted by molar-refractivity contribution is -0.123. The Morgan fingerprint density at radius 1 is 0.794 bits per heavy atom. The Hall–Kier alpha value is -3.35. The molecule has 6 nitrogen and oxygen atoms in total. The second kappa shape index (κ2) is 11.2. The molecular weight excluding hydrogens is 422 g/mol. The predicted molar refractivity (Wildman–Crippen MR) is 140 cm³/mol. The van der Waals surface area contributed by atoms with E-state index < -0.39 is 0 Å². The van der Waals surface area contributed by atoms with E-state index in [2.05, 4.69) is 98.8 Å². The van der Waals surface area contributed by atoms with Crippen LogP contribution in [0.2, 0.25) is 0 Å². The first kappa shape index (κ1) is 23.8. The van der Waals surface area contributed by atoms with Gasteiger partial charge in [-0.1, -0.05) is 66.7 Å². The molecule has 1 aliphatic rings. The van der Waals surface area contributed by atoms with Crippen molar-refractivity contribution >= 4 is 17.3 Å². The van der Waals surface area contributed by atoms with E-state index in [1.165, 1.54) is 11.1 Å². The molecule has 4 rings (SSSR count). The second-order valence-corrected chi connectivity index (χ2v) is 8.73. The van der Waals surface area contributed by atoms with Crippen LogP contribution in [0, 0.1) is 0 Å². The zero-order chi connectivity index (χ0) is 23.9. The Balaban J connectivity index is 1.54. The van der Waals surface area contributed by atoms with Crippen molar-refractivity contribution in [2.75, 3.05) is 50.5 Å². The van der Waals surface area contributed by atoms with E-state index in [-0.39, 0.29) is 17.9 Å². The van der Waals surface area contributed by atoms with Gasteiger partial charge in [0.25, 0.3) is 0 Å². The van der Waals surface area contributed by atoms with Gasteiger partial charge in [-0.2, -0.15) is 0 Å². The fourth-order valence-corrected chi connectivity index (χ4v) is 4.78. The third-order valence-electron chi connectivity index (χ3n) is 6.68. The standard InChI is InChI=1S/C28H35N5O/c1-21(28(34)31-30-3)24-14-15-25(29-2)26(20-24)32-16-18-33(19-17-32)27(22-10-6-4-7-11-22)23-12-8-5-9-13-23/h4-15,20-21,27,29-30H,16-19H2,1-3H3,(H,31,34). The number of hydrogen-bond donors (Lipinski definition) is 3. The van der Waals surface area contributed by atoms with Crippen molar-refractivity contribution in [1.29, 1.82) is 0 Å². The average molecular weight is 458 g/mol. The van der Waals surface area contributed by atoms with E-state index in [0.29, 0.717) is 0 Å². The number of carbonyl (C=O) groups is 1. The fraction of sp³-hybridized carbons (Fsp3) is 0.321. The first-order valence-electron chi connectivity index (χ1n) is 12.0. The predicted octanol–water partition coefficient (Wildman–Crippen LogP) is 3.99. The molecule has 1 atom stereocenters. The first-order valence-corrected chi connectivity index (χ1v) is 12.0. The maximum absolute atomic E-state index is 12.4. The lowest BCUT2D eigenvalue weighted by Gasteiger charge is -2.41. The van der Waals surface area contributed by atoms with Crippen molar-refractivity contribution in [3.63, 3.8) is 0 Å². The van der Waals surface area contributed by atoms with Crippen LogP contribution in [0.15, 0.2) is 78.9 Å². The fourth-order valence-electron chi connectivity index (χ4n) is 4.78. The molecule has 0 aromatic heterocycles. The Kier molecular flexibility index (Phi) is 7.83. The van der Waals surface area contributed by atoms with Gasteiger partial charge >= 0.3 is 0 Å². The van der Waals surface area contributed by atoms with Gasteiger partial charge in [0.1, 0.15) is 0 Å². The highest BCUT2D eigenvalue weighted by molar-refractivity contribution is 5.84. The third kappa shape index (κ3) is 5.24. The van der Waals surface area contributed by atoms with Gasteiger partial charge in [-0.25, -0.2) is 5.43 Å². The maximum atomic E-state index is 12.4. The maximum Gasteiger partial charge on any atom is 0.241 e. The van der Waals surface area contributed by atoms with E-state index in [9.17, 15) is 4.79 Å². The second-order valence-electron chi connectivity index (χ2n) is 8.73. The molecule has 0 spiro atoms. The van der Waals surface area contributed by atoms with Crippen molar-refractivity contribution in [3.05, 3.63) is 95.6 Å². The summed E-state index contributed by atoms with van der Waals surface area (Å²) in [6.07, 6.45) is 0. The quantitative estimate of drug-likeness (QED) is 0.447. The summed E-state index contributed by atoms with van der Waals surface area (Å²) in [7, 11) is 3.66. The van der Waals surface area contributed by atoms with Gasteiger partial charge in [-0.3, -0.25) is 15.1 Å². The van der Waals surface area contributed by atoms with Gasteiger partial charge in [0, 0.05) is 40.3 Å². The Morgan fingerprint density at radius 2 is 1.38 bits per heavy atom. The SMILES string of the molecule is CNNC(=O)C(C)c1ccc(NC)c(N2CCN(C(c3ccccc3)c3ccccc3)CC2)c1. The lowest BCUT2D eigenvalue weighted by Crippen LogP contribution is -2.48. The molecule has 178 valence electrons. The summed E-state index contributed by atoms with van der Waals surface area (Å²) in [6.45, 7) is 5.69. The number of nitrogens with zero attached hydrogens (tertiary/aromatic N) is 2. The minimum atomic E-state index is -0.237. The van der Waals surface area contributed by atoms with Crippen molar-refractivity contribution in [2.45, 2.75) is 18.9 Å². The summed E-state index contributed by atoms with van der Waals surface area (Å²) in [5.41, 5.74) is 11.3. The summed E-state index contributed by atoms with van der Waals surface area (Å²) >= 11 is 0. The van der Waals surface area contributed by atoms with E-state index >= 15 is 0 Å². The first-order chi connectivity index (χ1) is 16.6. The number of rotatable bonds is 8. The zero-order valence-corrected chi connectivity index (χ0v) is 20.3.